The second kappa shape index (κ2) is 2.36. The van der Waals surface area contributed by atoms with Crippen LogP contribution in [0.2, 0.25) is 0 Å². The second-order valence-electron chi connectivity index (χ2n) is 3.95. The molecule has 0 aromatic heterocycles. The number of nitrogens with two attached hydrogens (primary N) is 1. The number of aliphatic imine (C=N–C) groups is 1. The number of nitrogens with zero attached hydrogens (tertiary/aromatic N) is 3. The van der Waals surface area contributed by atoms with Gasteiger partial charge >= 0.3 is 0 Å². The fraction of sp³-hybridized carbons (Fsp3) is 0.875. The van der Waals surface area contributed by atoms with E-state index in [0.29, 0.717) is 5.96 Å². The highest BCUT2D eigenvalue weighted by Crippen LogP contribution is 2.29. The zero-order valence-corrected chi connectivity index (χ0v) is 7.75. The molecule has 0 bridgehead atoms. The molecule has 0 aliphatic carbocycles. The molecule has 68 valence electrons. The van der Waals surface area contributed by atoms with Crippen LogP contribution < -0.4 is 5.73 Å². The predicted octanol–water partition coefficient (Wildman–Crippen LogP) is -0.679. The molecule has 0 radical (unpaired) electrons. The molecule has 0 aromatic rings. The molecule has 1 fully saturated rings. The van der Waals surface area contributed by atoms with Gasteiger partial charge in [-0.05, 0) is 13.5 Å². The maximum Gasteiger partial charge on any atom is 0.191 e. The zero-order chi connectivity index (χ0) is 8.77. The van der Waals surface area contributed by atoms with Crippen LogP contribution in [0.15, 0.2) is 4.99 Å². The summed E-state index contributed by atoms with van der Waals surface area (Å²) in [6.07, 6.45) is 1.18. The quantitative estimate of drug-likeness (QED) is 0.521. The largest absolute Gasteiger partial charge is 0.370 e. The number of likely N-dealkylation sites (N-methyl/N-ethyl adjacent to an activating group) is 2. The molecule has 0 saturated carbocycles. The maximum atomic E-state index is 5.74. The van der Waals surface area contributed by atoms with E-state index in [4.69, 9.17) is 5.73 Å². The molecule has 2 aliphatic heterocycles. The monoisotopic (exact) mass is 168 g/mol. The molecule has 2 aliphatic rings. The summed E-state index contributed by atoms with van der Waals surface area (Å²) in [4.78, 5) is 8.75. The molecular formula is C8H16N4. The van der Waals surface area contributed by atoms with Gasteiger partial charge in [0.15, 0.2) is 5.96 Å². The van der Waals surface area contributed by atoms with E-state index >= 15 is 0 Å². The Morgan fingerprint density at radius 3 is 2.67 bits per heavy atom. The smallest absolute Gasteiger partial charge is 0.191 e. The first kappa shape index (κ1) is 7.86. The Kier molecular flexibility index (Phi) is 1.54. The zero-order valence-electron chi connectivity index (χ0n) is 7.75. The lowest BCUT2D eigenvalue weighted by molar-refractivity contribution is 0.237. The maximum absolute atomic E-state index is 5.74. The first-order valence-corrected chi connectivity index (χ1v) is 4.36. The summed E-state index contributed by atoms with van der Waals surface area (Å²) in [5.74, 6) is 0.699. The van der Waals surface area contributed by atoms with Crippen molar-refractivity contribution in [2.45, 2.75) is 12.0 Å². The van der Waals surface area contributed by atoms with E-state index in [2.05, 4.69) is 21.8 Å². The summed E-state index contributed by atoms with van der Waals surface area (Å²) in [7, 11) is 4.20. The lowest BCUT2D eigenvalue weighted by Gasteiger charge is -2.32. The highest BCUT2D eigenvalue weighted by atomic mass is 15.4. The van der Waals surface area contributed by atoms with Gasteiger partial charge in [0.1, 0.15) is 0 Å². The number of hydrogen-bond donors (Lipinski definition) is 1. The van der Waals surface area contributed by atoms with Gasteiger partial charge in [0.05, 0.1) is 12.1 Å². The molecule has 12 heavy (non-hydrogen) atoms. The number of rotatable bonds is 0. The Bertz CT molecular complexity index is 225. The molecule has 4 nitrogen and oxygen atoms in total. The fourth-order valence-electron chi connectivity index (χ4n) is 2.15. The van der Waals surface area contributed by atoms with E-state index in [-0.39, 0.29) is 5.54 Å². The van der Waals surface area contributed by atoms with E-state index in [1.165, 1.54) is 6.42 Å². The van der Waals surface area contributed by atoms with Gasteiger partial charge < -0.3 is 15.5 Å². The summed E-state index contributed by atoms with van der Waals surface area (Å²) >= 11 is 0. The molecule has 0 amide bonds. The lowest BCUT2D eigenvalue weighted by atomic mass is 9.98. The van der Waals surface area contributed by atoms with Crippen molar-refractivity contribution in [2.24, 2.45) is 10.7 Å². The summed E-state index contributed by atoms with van der Waals surface area (Å²) in [5, 5.41) is 0. The molecule has 1 unspecified atom stereocenters. The van der Waals surface area contributed by atoms with Crippen LogP contribution in [0, 0.1) is 0 Å². The first-order chi connectivity index (χ1) is 5.64. The van der Waals surface area contributed by atoms with Crippen molar-refractivity contribution >= 4 is 5.96 Å². The van der Waals surface area contributed by atoms with Crippen LogP contribution in [0.3, 0.4) is 0 Å². The molecule has 1 spiro atoms. The predicted molar refractivity (Wildman–Crippen MR) is 49.1 cm³/mol. The van der Waals surface area contributed by atoms with Gasteiger partial charge in [-0.1, -0.05) is 0 Å². The van der Waals surface area contributed by atoms with Crippen molar-refractivity contribution in [3.05, 3.63) is 0 Å². The summed E-state index contributed by atoms with van der Waals surface area (Å²) in [6, 6.07) is 0. The van der Waals surface area contributed by atoms with Crippen molar-refractivity contribution in [2.75, 3.05) is 33.7 Å². The molecule has 2 N–H and O–H groups in total. The van der Waals surface area contributed by atoms with Gasteiger partial charge in [0.2, 0.25) is 0 Å². The van der Waals surface area contributed by atoms with Crippen LogP contribution in [0.1, 0.15) is 6.42 Å². The normalized spacial score (nSPS) is 36.5. The highest BCUT2D eigenvalue weighted by molar-refractivity contribution is 5.80. The van der Waals surface area contributed by atoms with Gasteiger partial charge in [-0.25, -0.2) is 0 Å². The van der Waals surface area contributed by atoms with E-state index < -0.39 is 0 Å². The third-order valence-corrected chi connectivity index (χ3v) is 3.11. The van der Waals surface area contributed by atoms with Crippen molar-refractivity contribution in [1.29, 1.82) is 0 Å². The second-order valence-corrected chi connectivity index (χ2v) is 3.95. The highest BCUT2D eigenvalue weighted by Gasteiger charge is 2.44. The van der Waals surface area contributed by atoms with Crippen molar-refractivity contribution < 1.29 is 0 Å². The Labute approximate surface area is 73.0 Å². The lowest BCUT2D eigenvalue weighted by Crippen LogP contribution is -2.50. The van der Waals surface area contributed by atoms with Crippen molar-refractivity contribution in [1.82, 2.24) is 9.80 Å². The minimum atomic E-state index is 0.221. The third kappa shape index (κ3) is 0.909. The van der Waals surface area contributed by atoms with Gasteiger partial charge in [-0.15, -0.1) is 0 Å². The Morgan fingerprint density at radius 1 is 1.50 bits per heavy atom. The minimum Gasteiger partial charge on any atom is -0.370 e. The van der Waals surface area contributed by atoms with E-state index in [0.717, 1.165) is 19.6 Å². The molecule has 1 atom stereocenters. The van der Waals surface area contributed by atoms with E-state index in [1.807, 2.05) is 7.05 Å². The Morgan fingerprint density at radius 2 is 2.25 bits per heavy atom. The van der Waals surface area contributed by atoms with Gasteiger partial charge in [0, 0.05) is 20.1 Å². The van der Waals surface area contributed by atoms with Crippen molar-refractivity contribution in [3.8, 4) is 0 Å². The average molecular weight is 168 g/mol. The van der Waals surface area contributed by atoms with E-state index in [9.17, 15) is 0 Å². The number of guanidine groups is 1. The molecule has 2 rings (SSSR count). The standard InChI is InChI=1S/C8H16N4/c1-11-4-3-8(6-11)5-10-7(9)12(8)2/h3-6H2,1-2H3,(H2,9,10). The number of hydrogen-bond acceptors (Lipinski definition) is 4. The van der Waals surface area contributed by atoms with Crippen LogP contribution in [-0.2, 0) is 0 Å². The summed E-state index contributed by atoms with van der Waals surface area (Å²) in [5.41, 5.74) is 5.96. The minimum absolute atomic E-state index is 0.221. The SMILES string of the molecule is CN1CCC2(CN=C(N)N2C)C1. The van der Waals surface area contributed by atoms with Crippen LogP contribution >= 0.6 is 0 Å². The molecule has 4 heteroatoms. The van der Waals surface area contributed by atoms with Gasteiger partial charge in [0.25, 0.3) is 0 Å². The third-order valence-electron chi connectivity index (χ3n) is 3.11. The molecule has 0 aromatic carbocycles. The topological polar surface area (TPSA) is 44.9 Å². The van der Waals surface area contributed by atoms with E-state index in [1.54, 1.807) is 0 Å². The fourth-order valence-corrected chi connectivity index (χ4v) is 2.15. The van der Waals surface area contributed by atoms with Crippen LogP contribution in [0.4, 0.5) is 0 Å². The van der Waals surface area contributed by atoms with Gasteiger partial charge in [-0.3, -0.25) is 4.99 Å². The Hall–Kier alpha value is -0.770. The summed E-state index contributed by atoms with van der Waals surface area (Å²) < 4.78 is 0. The van der Waals surface area contributed by atoms with Gasteiger partial charge in [-0.2, -0.15) is 0 Å². The van der Waals surface area contributed by atoms with Crippen LogP contribution in [-0.4, -0.2) is 55.0 Å². The first-order valence-electron chi connectivity index (χ1n) is 4.36. The molecular weight excluding hydrogens is 152 g/mol. The molecule has 1 saturated heterocycles. The summed E-state index contributed by atoms with van der Waals surface area (Å²) in [6.45, 7) is 3.13. The average Bonchev–Trinajstić information content (AvgIpc) is 2.53. The number of likely N-dealkylation sites (tertiary alicyclic amines) is 1. The molecule has 2 heterocycles. The van der Waals surface area contributed by atoms with Crippen LogP contribution in [0.5, 0.6) is 0 Å². The van der Waals surface area contributed by atoms with Crippen molar-refractivity contribution in [3.63, 3.8) is 0 Å². The Balaban J connectivity index is 2.15. The van der Waals surface area contributed by atoms with Crippen LogP contribution in [0.25, 0.3) is 0 Å².